The predicted octanol–water partition coefficient (Wildman–Crippen LogP) is -0.105. The third-order valence-corrected chi connectivity index (χ3v) is 2.68. The van der Waals surface area contributed by atoms with Crippen LogP contribution in [0.5, 0.6) is 0 Å². The summed E-state index contributed by atoms with van der Waals surface area (Å²) >= 11 is 0. The van der Waals surface area contributed by atoms with Gasteiger partial charge in [0.05, 0.1) is 5.92 Å². The number of nitrogens with one attached hydrogen (secondary N) is 1. The molecule has 0 saturated carbocycles. The molecule has 2 saturated heterocycles. The van der Waals surface area contributed by atoms with Gasteiger partial charge in [-0.25, -0.2) is 0 Å². The number of carbonyl (C=O) groups excluding carboxylic acids is 2. The average Bonchev–Trinajstić information content (AvgIpc) is 2.34. The van der Waals surface area contributed by atoms with Crippen molar-refractivity contribution in [1.82, 2.24) is 5.32 Å². The number of ketones is 1. The average molecular weight is 153 g/mol. The van der Waals surface area contributed by atoms with E-state index in [-0.39, 0.29) is 17.7 Å². The zero-order chi connectivity index (χ0) is 7.84. The van der Waals surface area contributed by atoms with Crippen LogP contribution < -0.4 is 5.32 Å². The van der Waals surface area contributed by atoms with Gasteiger partial charge in [0.1, 0.15) is 12.1 Å². The lowest BCUT2D eigenvalue weighted by Gasteiger charge is -2.24. The van der Waals surface area contributed by atoms with Crippen LogP contribution in [0.1, 0.15) is 19.3 Å². The first kappa shape index (κ1) is 6.98. The molecule has 3 heteroatoms. The lowest BCUT2D eigenvalue weighted by molar-refractivity contribution is -0.129. The summed E-state index contributed by atoms with van der Waals surface area (Å²) in [7, 11) is 0. The van der Waals surface area contributed by atoms with Crippen LogP contribution in [-0.2, 0) is 9.59 Å². The van der Waals surface area contributed by atoms with Crippen LogP contribution in [0, 0.1) is 5.92 Å². The maximum atomic E-state index is 11.2. The van der Waals surface area contributed by atoms with Crippen molar-refractivity contribution in [3.63, 3.8) is 0 Å². The summed E-state index contributed by atoms with van der Waals surface area (Å²) in [4.78, 5) is 21.7. The Bertz CT molecular complexity index is 202. The molecule has 2 aliphatic heterocycles. The zero-order valence-corrected chi connectivity index (χ0v) is 6.25. The van der Waals surface area contributed by atoms with Crippen molar-refractivity contribution in [2.45, 2.75) is 31.3 Å². The molecule has 0 radical (unpaired) electrons. The third-order valence-electron chi connectivity index (χ3n) is 2.68. The second-order valence-electron chi connectivity index (χ2n) is 3.38. The van der Waals surface area contributed by atoms with Gasteiger partial charge in [-0.15, -0.1) is 0 Å². The van der Waals surface area contributed by atoms with E-state index in [1.54, 1.807) is 0 Å². The fraction of sp³-hybridized carbons (Fsp3) is 0.750. The van der Waals surface area contributed by atoms with Gasteiger partial charge in [0.2, 0.25) is 0 Å². The van der Waals surface area contributed by atoms with Crippen LogP contribution in [-0.4, -0.2) is 24.2 Å². The molecule has 0 aromatic rings. The summed E-state index contributed by atoms with van der Waals surface area (Å²) in [5.74, 6) is -0.222. The molecule has 2 bridgehead atoms. The maximum absolute atomic E-state index is 11.2. The highest BCUT2D eigenvalue weighted by Crippen LogP contribution is 2.27. The molecule has 2 fully saturated rings. The topological polar surface area (TPSA) is 46.2 Å². The van der Waals surface area contributed by atoms with Gasteiger partial charge < -0.3 is 10.1 Å². The second-order valence-corrected chi connectivity index (χ2v) is 3.38. The van der Waals surface area contributed by atoms with Crippen molar-refractivity contribution in [1.29, 1.82) is 0 Å². The molecule has 1 N–H and O–H groups in total. The summed E-state index contributed by atoms with van der Waals surface area (Å²) in [6.45, 7) is 0. The molecule has 3 unspecified atom stereocenters. The van der Waals surface area contributed by atoms with E-state index in [0.29, 0.717) is 12.5 Å². The van der Waals surface area contributed by atoms with Crippen molar-refractivity contribution in [3.05, 3.63) is 0 Å². The minimum Gasteiger partial charge on any atom is -0.310 e. The molecular weight excluding hydrogens is 142 g/mol. The minimum atomic E-state index is -0.353. The maximum Gasteiger partial charge on any atom is 0.146 e. The number of hydrogen-bond donors (Lipinski definition) is 1. The smallest absolute Gasteiger partial charge is 0.146 e. The first-order valence-corrected chi connectivity index (χ1v) is 4.05. The quantitative estimate of drug-likeness (QED) is 0.422. The molecule has 0 amide bonds. The van der Waals surface area contributed by atoms with E-state index in [4.69, 9.17) is 0 Å². The molecule has 60 valence electrons. The Morgan fingerprint density at radius 3 is 3.00 bits per heavy atom. The van der Waals surface area contributed by atoms with Crippen LogP contribution in [0.15, 0.2) is 0 Å². The van der Waals surface area contributed by atoms with E-state index in [1.165, 1.54) is 0 Å². The molecule has 0 aromatic heterocycles. The van der Waals surface area contributed by atoms with Crippen molar-refractivity contribution in [2.24, 2.45) is 5.92 Å². The van der Waals surface area contributed by atoms with Crippen LogP contribution >= 0.6 is 0 Å². The van der Waals surface area contributed by atoms with E-state index in [1.807, 2.05) is 0 Å². The van der Waals surface area contributed by atoms with Crippen LogP contribution in [0.4, 0.5) is 0 Å². The van der Waals surface area contributed by atoms with Gasteiger partial charge in [-0.2, -0.15) is 0 Å². The number of piperidine rings is 1. The van der Waals surface area contributed by atoms with E-state index < -0.39 is 0 Å². The van der Waals surface area contributed by atoms with Crippen LogP contribution in [0.25, 0.3) is 0 Å². The van der Waals surface area contributed by atoms with Crippen molar-refractivity contribution in [2.75, 3.05) is 0 Å². The second kappa shape index (κ2) is 2.41. The number of fused-ring (bicyclic) bond motifs is 2. The standard InChI is InChI=1S/C8H11NO2/c10-4-6-7-2-1-5(9-7)3-8(6)11/h4-7,9H,1-3H2. The Hall–Kier alpha value is -0.700. The Kier molecular flexibility index (Phi) is 1.53. The highest BCUT2D eigenvalue weighted by molar-refractivity contribution is 5.95. The lowest BCUT2D eigenvalue weighted by Crippen LogP contribution is -2.46. The van der Waals surface area contributed by atoms with Gasteiger partial charge in [-0.05, 0) is 12.8 Å². The monoisotopic (exact) mass is 153 g/mol. The van der Waals surface area contributed by atoms with E-state index in [9.17, 15) is 9.59 Å². The van der Waals surface area contributed by atoms with Gasteiger partial charge in [0, 0.05) is 18.5 Å². The molecule has 0 aliphatic carbocycles. The third kappa shape index (κ3) is 0.997. The van der Waals surface area contributed by atoms with E-state index in [2.05, 4.69) is 5.32 Å². The fourth-order valence-electron chi connectivity index (χ4n) is 2.07. The molecule has 2 heterocycles. The van der Waals surface area contributed by atoms with Gasteiger partial charge >= 0.3 is 0 Å². The first-order valence-electron chi connectivity index (χ1n) is 4.05. The highest BCUT2D eigenvalue weighted by atomic mass is 16.1. The lowest BCUT2D eigenvalue weighted by atomic mass is 9.92. The minimum absolute atomic E-state index is 0.131. The summed E-state index contributed by atoms with van der Waals surface area (Å²) in [5, 5.41) is 3.27. The highest BCUT2D eigenvalue weighted by Gasteiger charge is 2.40. The summed E-state index contributed by atoms with van der Waals surface area (Å²) in [5.41, 5.74) is 0. The molecular formula is C8H11NO2. The van der Waals surface area contributed by atoms with Gasteiger partial charge in [-0.3, -0.25) is 4.79 Å². The molecule has 11 heavy (non-hydrogen) atoms. The number of Topliss-reactive ketones (excluding diaryl/α,β-unsaturated/α-hetero) is 1. The Morgan fingerprint density at radius 2 is 2.27 bits per heavy atom. The summed E-state index contributed by atoms with van der Waals surface area (Å²) in [6, 6.07) is 0.516. The summed E-state index contributed by atoms with van der Waals surface area (Å²) < 4.78 is 0. The molecule has 0 aromatic carbocycles. The normalized spacial score (nSPS) is 42.5. The van der Waals surface area contributed by atoms with Crippen molar-refractivity contribution < 1.29 is 9.59 Å². The largest absolute Gasteiger partial charge is 0.310 e. The van der Waals surface area contributed by atoms with Crippen molar-refractivity contribution in [3.8, 4) is 0 Å². The molecule has 3 nitrogen and oxygen atoms in total. The molecule has 3 atom stereocenters. The number of aldehydes is 1. The fourth-order valence-corrected chi connectivity index (χ4v) is 2.07. The first-order chi connectivity index (χ1) is 5.31. The zero-order valence-electron chi connectivity index (χ0n) is 6.25. The van der Waals surface area contributed by atoms with Crippen LogP contribution in [0.3, 0.4) is 0 Å². The molecule has 0 spiro atoms. The Balaban J connectivity index is 2.19. The number of carbonyl (C=O) groups is 2. The molecule has 2 rings (SSSR count). The van der Waals surface area contributed by atoms with E-state index in [0.717, 1.165) is 19.1 Å². The van der Waals surface area contributed by atoms with Crippen LogP contribution in [0.2, 0.25) is 0 Å². The Morgan fingerprint density at radius 1 is 1.45 bits per heavy atom. The predicted molar refractivity (Wildman–Crippen MR) is 39.1 cm³/mol. The Labute approximate surface area is 65.2 Å². The van der Waals surface area contributed by atoms with Gasteiger partial charge in [-0.1, -0.05) is 0 Å². The van der Waals surface area contributed by atoms with Gasteiger partial charge in [0.15, 0.2) is 0 Å². The SMILES string of the molecule is O=CC1C(=O)CC2CCC1N2. The number of rotatable bonds is 1. The van der Waals surface area contributed by atoms with E-state index >= 15 is 0 Å². The molecule has 2 aliphatic rings. The summed E-state index contributed by atoms with van der Waals surface area (Å²) in [6.07, 6.45) is 3.39. The number of hydrogen-bond acceptors (Lipinski definition) is 3. The van der Waals surface area contributed by atoms with Gasteiger partial charge in [0.25, 0.3) is 0 Å². The van der Waals surface area contributed by atoms with Crippen molar-refractivity contribution >= 4 is 12.1 Å².